The number of nitrogens with zero attached hydrogens (tertiary/aromatic N) is 3. The van der Waals surface area contributed by atoms with Gasteiger partial charge in [-0.3, -0.25) is 4.79 Å². The summed E-state index contributed by atoms with van der Waals surface area (Å²) in [6.07, 6.45) is 2.97. The number of nitrogens with one attached hydrogen (secondary N) is 1. The molecule has 2 atom stereocenters. The van der Waals surface area contributed by atoms with Gasteiger partial charge in [0.05, 0.1) is 17.1 Å². The molecule has 184 valence electrons. The first kappa shape index (κ1) is 24.6. The maximum absolute atomic E-state index is 13.1. The van der Waals surface area contributed by atoms with Gasteiger partial charge in [0, 0.05) is 44.8 Å². The van der Waals surface area contributed by atoms with Crippen LogP contribution in [0.4, 0.5) is 10.2 Å². The van der Waals surface area contributed by atoms with Gasteiger partial charge in [0.2, 0.25) is 15.9 Å². The molecule has 0 radical (unpaired) electrons. The van der Waals surface area contributed by atoms with Gasteiger partial charge in [0.1, 0.15) is 11.6 Å². The van der Waals surface area contributed by atoms with Crippen molar-refractivity contribution in [2.45, 2.75) is 50.3 Å². The fourth-order valence-electron chi connectivity index (χ4n) is 4.52. The number of anilines is 1. The summed E-state index contributed by atoms with van der Waals surface area (Å²) >= 11 is 0. The molecule has 1 N–H and O–H groups in total. The molecule has 1 amide bonds. The summed E-state index contributed by atoms with van der Waals surface area (Å²) in [6.45, 7) is 6.57. The van der Waals surface area contributed by atoms with Crippen molar-refractivity contribution >= 4 is 21.7 Å². The maximum Gasteiger partial charge on any atom is 0.243 e. The molecule has 34 heavy (non-hydrogen) atoms. The quantitative estimate of drug-likeness (QED) is 0.669. The summed E-state index contributed by atoms with van der Waals surface area (Å²) in [7, 11) is -3.69. The van der Waals surface area contributed by atoms with Crippen LogP contribution in [-0.4, -0.2) is 62.0 Å². The molecule has 2 aliphatic rings. The number of pyridine rings is 1. The molecule has 10 heteroatoms. The number of sulfonamides is 1. The van der Waals surface area contributed by atoms with Crippen LogP contribution in [0.25, 0.3) is 0 Å². The van der Waals surface area contributed by atoms with Crippen LogP contribution in [0.5, 0.6) is 0 Å². The molecule has 1 aromatic heterocycles. The number of benzene rings is 1. The summed E-state index contributed by atoms with van der Waals surface area (Å²) in [5, 5.41) is 2.95. The monoisotopic (exact) mass is 490 g/mol. The Labute approximate surface area is 200 Å². The van der Waals surface area contributed by atoms with Gasteiger partial charge >= 0.3 is 0 Å². The van der Waals surface area contributed by atoms with Crippen LogP contribution >= 0.6 is 0 Å². The first-order chi connectivity index (χ1) is 16.2. The summed E-state index contributed by atoms with van der Waals surface area (Å²) in [5.41, 5.74) is 0.905. The van der Waals surface area contributed by atoms with Crippen molar-refractivity contribution in [3.05, 3.63) is 54.0 Å². The number of ether oxygens (including phenoxy) is 1. The second kappa shape index (κ2) is 10.4. The lowest BCUT2D eigenvalue weighted by molar-refractivity contribution is -0.126. The van der Waals surface area contributed by atoms with Crippen LogP contribution in [0.2, 0.25) is 0 Å². The fraction of sp³-hybridized carbons (Fsp3) is 0.500. The number of hydrogen-bond donors (Lipinski definition) is 1. The molecule has 8 nitrogen and oxygen atoms in total. The highest BCUT2D eigenvalue weighted by Gasteiger charge is 2.32. The maximum atomic E-state index is 13.1. The topological polar surface area (TPSA) is 91.8 Å². The second-order valence-corrected chi connectivity index (χ2v) is 11.0. The van der Waals surface area contributed by atoms with E-state index in [0.717, 1.165) is 36.6 Å². The minimum atomic E-state index is -3.69. The van der Waals surface area contributed by atoms with E-state index >= 15 is 0 Å². The summed E-state index contributed by atoms with van der Waals surface area (Å²) < 4.78 is 45.8. The third-order valence-electron chi connectivity index (χ3n) is 6.30. The van der Waals surface area contributed by atoms with Crippen LogP contribution in [0.15, 0.2) is 47.5 Å². The molecule has 0 saturated carbocycles. The molecule has 4 rings (SSSR count). The van der Waals surface area contributed by atoms with Crippen molar-refractivity contribution in [3.63, 3.8) is 0 Å². The normalized spacial score (nSPS) is 22.5. The largest absolute Gasteiger partial charge is 0.372 e. The van der Waals surface area contributed by atoms with Crippen molar-refractivity contribution in [2.24, 2.45) is 5.92 Å². The Morgan fingerprint density at radius 2 is 1.74 bits per heavy atom. The number of carbonyl (C=O) groups is 1. The molecule has 2 unspecified atom stereocenters. The Bertz CT molecular complexity index is 1080. The number of hydrogen-bond acceptors (Lipinski definition) is 6. The van der Waals surface area contributed by atoms with Gasteiger partial charge in [-0.15, -0.1) is 0 Å². The minimum Gasteiger partial charge on any atom is -0.372 e. The molecule has 2 aliphatic heterocycles. The molecule has 0 spiro atoms. The third-order valence-corrected chi connectivity index (χ3v) is 8.21. The summed E-state index contributed by atoms with van der Waals surface area (Å²) in [4.78, 5) is 19.5. The fourth-order valence-corrected chi connectivity index (χ4v) is 5.99. The van der Waals surface area contributed by atoms with Crippen LogP contribution in [0, 0.1) is 11.7 Å². The highest BCUT2D eigenvalue weighted by molar-refractivity contribution is 7.89. The van der Waals surface area contributed by atoms with Crippen LogP contribution in [0.1, 0.15) is 32.3 Å². The average Bonchev–Trinajstić information content (AvgIpc) is 2.82. The van der Waals surface area contributed by atoms with Gasteiger partial charge in [-0.1, -0.05) is 6.07 Å². The highest BCUT2D eigenvalue weighted by Crippen LogP contribution is 2.24. The van der Waals surface area contributed by atoms with Gasteiger partial charge in [0.15, 0.2) is 0 Å². The van der Waals surface area contributed by atoms with E-state index in [4.69, 9.17) is 4.74 Å². The lowest BCUT2D eigenvalue weighted by Gasteiger charge is -2.36. The molecule has 3 heterocycles. The van der Waals surface area contributed by atoms with Crippen LogP contribution in [0.3, 0.4) is 0 Å². The zero-order valence-corrected chi connectivity index (χ0v) is 20.3. The molecular formula is C24H31FN4O4S. The van der Waals surface area contributed by atoms with E-state index in [9.17, 15) is 17.6 Å². The molecule has 2 fully saturated rings. The Hall–Kier alpha value is -2.56. The van der Waals surface area contributed by atoms with Gasteiger partial charge in [-0.25, -0.2) is 17.8 Å². The number of halogens is 1. The Morgan fingerprint density at radius 1 is 1.09 bits per heavy atom. The zero-order chi connectivity index (χ0) is 24.3. The summed E-state index contributed by atoms with van der Waals surface area (Å²) in [5.74, 6) is 0.0817. The van der Waals surface area contributed by atoms with E-state index in [2.05, 4.69) is 29.0 Å². The van der Waals surface area contributed by atoms with Gasteiger partial charge in [-0.05, 0) is 62.6 Å². The Balaban J connectivity index is 1.26. The number of piperidine rings is 1. The molecule has 0 aliphatic carbocycles. The van der Waals surface area contributed by atoms with Gasteiger partial charge in [0.25, 0.3) is 0 Å². The van der Waals surface area contributed by atoms with E-state index in [1.54, 1.807) is 6.20 Å². The summed E-state index contributed by atoms with van der Waals surface area (Å²) in [6, 6.07) is 8.73. The Kier molecular flexibility index (Phi) is 7.49. The third kappa shape index (κ3) is 5.73. The van der Waals surface area contributed by atoms with E-state index in [0.29, 0.717) is 19.4 Å². The number of amides is 1. The SMILES string of the molecule is CC1CN(c2ccc(CNC(=O)C3CCN(S(=O)(=O)c4ccc(F)cc4)CC3)cn2)CC(C)O1. The minimum absolute atomic E-state index is 0.0637. The van der Waals surface area contributed by atoms with Crippen molar-refractivity contribution in [1.82, 2.24) is 14.6 Å². The van der Waals surface area contributed by atoms with Gasteiger partial charge in [-0.2, -0.15) is 4.31 Å². The number of aromatic nitrogens is 1. The highest BCUT2D eigenvalue weighted by atomic mass is 32.2. The second-order valence-electron chi connectivity index (χ2n) is 9.04. The average molecular weight is 491 g/mol. The Morgan fingerprint density at radius 3 is 2.32 bits per heavy atom. The first-order valence-electron chi connectivity index (χ1n) is 11.6. The lowest BCUT2D eigenvalue weighted by atomic mass is 9.97. The van der Waals surface area contributed by atoms with E-state index in [1.807, 2.05) is 12.1 Å². The van der Waals surface area contributed by atoms with Gasteiger partial charge < -0.3 is 15.0 Å². The molecule has 2 aromatic rings. The van der Waals surface area contributed by atoms with Crippen molar-refractivity contribution < 1.29 is 22.3 Å². The number of morpholine rings is 1. The van der Waals surface area contributed by atoms with E-state index in [-0.39, 0.29) is 42.0 Å². The lowest BCUT2D eigenvalue weighted by Crippen LogP contribution is -2.45. The predicted octanol–water partition coefficient (Wildman–Crippen LogP) is 2.55. The number of rotatable bonds is 6. The van der Waals surface area contributed by atoms with Crippen molar-refractivity contribution in [1.29, 1.82) is 0 Å². The van der Waals surface area contributed by atoms with E-state index < -0.39 is 15.8 Å². The number of carbonyl (C=O) groups excluding carboxylic acids is 1. The molecule has 1 aromatic carbocycles. The van der Waals surface area contributed by atoms with Crippen LogP contribution in [-0.2, 0) is 26.1 Å². The van der Waals surface area contributed by atoms with Crippen molar-refractivity contribution in [3.8, 4) is 0 Å². The molecule has 2 saturated heterocycles. The standard InChI is InChI=1S/C24H31FN4O4S/c1-17-15-28(16-18(2)33-17)23-8-3-19(13-26-23)14-27-24(30)20-9-11-29(12-10-20)34(31,32)22-6-4-21(25)5-7-22/h3-8,13,17-18,20H,9-12,14-16H2,1-2H3,(H,27,30). The van der Waals surface area contributed by atoms with E-state index in [1.165, 1.54) is 16.4 Å². The van der Waals surface area contributed by atoms with Crippen molar-refractivity contribution in [2.75, 3.05) is 31.1 Å². The zero-order valence-electron chi connectivity index (χ0n) is 19.5. The predicted molar refractivity (Wildman–Crippen MR) is 126 cm³/mol. The first-order valence-corrected chi connectivity index (χ1v) is 13.0. The molecular weight excluding hydrogens is 459 g/mol. The van der Waals surface area contributed by atoms with Crippen LogP contribution < -0.4 is 10.2 Å². The smallest absolute Gasteiger partial charge is 0.243 e. The molecule has 0 bridgehead atoms.